The third-order valence-corrected chi connectivity index (χ3v) is 3.83. The average molecular weight is 180 g/mol. The van der Waals surface area contributed by atoms with E-state index in [-0.39, 0.29) is 11.9 Å². The molecule has 0 aromatic heterocycles. The van der Waals surface area contributed by atoms with Gasteiger partial charge in [-0.2, -0.15) is 0 Å². The van der Waals surface area contributed by atoms with E-state index >= 15 is 0 Å². The van der Waals surface area contributed by atoms with Crippen LogP contribution in [0.25, 0.3) is 0 Å². The van der Waals surface area contributed by atoms with Crippen LogP contribution in [0.3, 0.4) is 0 Å². The molecule has 2 aliphatic rings. The Bertz CT molecular complexity index is 257. The van der Waals surface area contributed by atoms with E-state index in [0.29, 0.717) is 23.7 Å². The molecule has 0 spiro atoms. The summed E-state index contributed by atoms with van der Waals surface area (Å²) in [6.07, 6.45) is 4.45. The molecule has 72 valence electrons. The molecule has 0 aliphatic heterocycles. The molecule has 0 radical (unpaired) electrons. The fourth-order valence-corrected chi connectivity index (χ4v) is 3.06. The second kappa shape index (κ2) is 2.86. The van der Waals surface area contributed by atoms with Crippen LogP contribution in [0.4, 0.5) is 0 Å². The monoisotopic (exact) mass is 180 g/mol. The van der Waals surface area contributed by atoms with Gasteiger partial charge in [0.25, 0.3) is 0 Å². The van der Waals surface area contributed by atoms with E-state index in [2.05, 4.69) is 26.0 Å². The van der Waals surface area contributed by atoms with Crippen LogP contribution >= 0.6 is 0 Å². The van der Waals surface area contributed by atoms with Crippen LogP contribution in [0.2, 0.25) is 0 Å². The molecule has 0 heterocycles. The van der Waals surface area contributed by atoms with E-state index in [4.69, 9.17) is 4.74 Å². The number of allylic oxidation sites excluding steroid dienone is 2. The van der Waals surface area contributed by atoms with E-state index < -0.39 is 0 Å². The lowest BCUT2D eigenvalue weighted by Crippen LogP contribution is -2.26. The molecular weight excluding hydrogens is 164 g/mol. The zero-order valence-corrected chi connectivity index (χ0v) is 8.36. The summed E-state index contributed by atoms with van der Waals surface area (Å²) in [4.78, 5) is 11.5. The molecular formula is C11H16O2. The van der Waals surface area contributed by atoms with Crippen molar-refractivity contribution in [3.05, 3.63) is 12.2 Å². The molecule has 3 unspecified atom stereocenters. The van der Waals surface area contributed by atoms with Gasteiger partial charge in [-0.25, -0.2) is 0 Å². The van der Waals surface area contributed by atoms with Crippen molar-refractivity contribution in [2.24, 2.45) is 29.6 Å². The summed E-state index contributed by atoms with van der Waals surface area (Å²) in [5.74, 6) is 2.17. The first-order valence-electron chi connectivity index (χ1n) is 4.93. The Morgan fingerprint density at radius 3 is 2.23 bits per heavy atom. The van der Waals surface area contributed by atoms with Crippen molar-refractivity contribution >= 4 is 5.97 Å². The number of carbonyl (C=O) groups excluding carboxylic acids is 1. The maximum absolute atomic E-state index is 11.5. The first-order valence-corrected chi connectivity index (χ1v) is 4.93. The number of esters is 1. The van der Waals surface area contributed by atoms with Gasteiger partial charge in [0.15, 0.2) is 0 Å². The fourth-order valence-electron chi connectivity index (χ4n) is 3.06. The van der Waals surface area contributed by atoms with Gasteiger partial charge in [-0.05, 0) is 23.7 Å². The van der Waals surface area contributed by atoms with Crippen molar-refractivity contribution in [2.75, 3.05) is 7.11 Å². The second-order valence-corrected chi connectivity index (χ2v) is 4.31. The number of ether oxygens (including phenoxy) is 1. The van der Waals surface area contributed by atoms with Gasteiger partial charge < -0.3 is 4.74 Å². The Balaban J connectivity index is 2.23. The Morgan fingerprint density at radius 1 is 1.15 bits per heavy atom. The van der Waals surface area contributed by atoms with E-state index in [1.54, 1.807) is 0 Å². The molecule has 1 saturated carbocycles. The Kier molecular flexibility index (Phi) is 1.94. The van der Waals surface area contributed by atoms with Crippen LogP contribution in [0.5, 0.6) is 0 Å². The van der Waals surface area contributed by atoms with Gasteiger partial charge in [0.2, 0.25) is 0 Å². The maximum atomic E-state index is 11.5. The van der Waals surface area contributed by atoms with Crippen LogP contribution in [-0.2, 0) is 9.53 Å². The van der Waals surface area contributed by atoms with Crippen LogP contribution in [-0.4, -0.2) is 13.1 Å². The molecule has 0 aromatic carbocycles. The SMILES string of the molecule is COC(=O)[C@H]1C2C=CC(C2C)[C@@H]1C. The number of carbonyl (C=O) groups is 1. The minimum absolute atomic E-state index is 0.0313. The molecule has 2 heteroatoms. The number of methoxy groups -OCH3 is 1. The topological polar surface area (TPSA) is 26.3 Å². The third-order valence-electron chi connectivity index (χ3n) is 3.83. The standard InChI is InChI=1S/C11H16O2/c1-6-8-4-5-9(6)10(7(8)2)11(12)13-3/h4-10H,1-3H3/t6?,7-,8?,9?,10+/m0/s1. The molecule has 0 aromatic rings. The Labute approximate surface area is 79.0 Å². The molecule has 0 N–H and O–H groups in total. The number of hydrogen-bond donors (Lipinski definition) is 0. The highest BCUT2D eigenvalue weighted by Crippen LogP contribution is 2.51. The molecule has 2 rings (SSSR count). The van der Waals surface area contributed by atoms with Crippen molar-refractivity contribution in [2.45, 2.75) is 13.8 Å². The molecule has 0 saturated heterocycles. The minimum atomic E-state index is -0.0313. The molecule has 5 atom stereocenters. The van der Waals surface area contributed by atoms with Crippen LogP contribution in [0.1, 0.15) is 13.8 Å². The largest absolute Gasteiger partial charge is 0.469 e. The van der Waals surface area contributed by atoms with Gasteiger partial charge in [0, 0.05) is 0 Å². The van der Waals surface area contributed by atoms with Crippen molar-refractivity contribution in [3.8, 4) is 0 Å². The molecule has 1 fully saturated rings. The average Bonchev–Trinajstić information content (AvgIpc) is 2.58. The van der Waals surface area contributed by atoms with Crippen molar-refractivity contribution < 1.29 is 9.53 Å². The normalized spacial score (nSPS) is 46.8. The Hall–Kier alpha value is -0.790. The predicted molar refractivity (Wildman–Crippen MR) is 50.0 cm³/mol. The zero-order valence-electron chi connectivity index (χ0n) is 8.36. The summed E-state index contributed by atoms with van der Waals surface area (Å²) in [6, 6.07) is 0. The van der Waals surface area contributed by atoms with Crippen LogP contribution < -0.4 is 0 Å². The highest BCUT2D eigenvalue weighted by molar-refractivity contribution is 5.74. The number of fused-ring (bicyclic) bond motifs is 2. The first kappa shape index (κ1) is 8.79. The van der Waals surface area contributed by atoms with Crippen LogP contribution in [0, 0.1) is 29.6 Å². The summed E-state index contributed by atoms with van der Waals surface area (Å²) < 4.78 is 4.83. The zero-order chi connectivity index (χ0) is 9.59. The quantitative estimate of drug-likeness (QED) is 0.455. The van der Waals surface area contributed by atoms with E-state index in [9.17, 15) is 4.79 Å². The highest BCUT2D eigenvalue weighted by Gasteiger charge is 2.50. The van der Waals surface area contributed by atoms with E-state index in [1.807, 2.05) is 0 Å². The molecule has 13 heavy (non-hydrogen) atoms. The second-order valence-electron chi connectivity index (χ2n) is 4.31. The van der Waals surface area contributed by atoms with Gasteiger partial charge in [0.1, 0.15) is 0 Å². The molecule has 2 aliphatic carbocycles. The summed E-state index contributed by atoms with van der Waals surface area (Å²) in [6.45, 7) is 4.39. The summed E-state index contributed by atoms with van der Waals surface area (Å²) >= 11 is 0. The number of hydrogen-bond acceptors (Lipinski definition) is 2. The van der Waals surface area contributed by atoms with Gasteiger partial charge in [-0.3, -0.25) is 4.79 Å². The van der Waals surface area contributed by atoms with E-state index in [1.165, 1.54) is 7.11 Å². The molecule has 0 amide bonds. The Morgan fingerprint density at radius 2 is 1.77 bits per heavy atom. The lowest BCUT2D eigenvalue weighted by Gasteiger charge is -2.21. The maximum Gasteiger partial charge on any atom is 0.309 e. The van der Waals surface area contributed by atoms with Crippen molar-refractivity contribution in [1.82, 2.24) is 0 Å². The van der Waals surface area contributed by atoms with Gasteiger partial charge in [-0.1, -0.05) is 26.0 Å². The summed E-state index contributed by atoms with van der Waals surface area (Å²) in [5, 5.41) is 0. The number of rotatable bonds is 1. The van der Waals surface area contributed by atoms with Gasteiger partial charge in [0.05, 0.1) is 13.0 Å². The van der Waals surface area contributed by atoms with Gasteiger partial charge in [-0.15, -0.1) is 0 Å². The smallest absolute Gasteiger partial charge is 0.309 e. The lowest BCUT2D eigenvalue weighted by atomic mass is 9.84. The minimum Gasteiger partial charge on any atom is -0.469 e. The third kappa shape index (κ3) is 1.04. The van der Waals surface area contributed by atoms with Crippen LogP contribution in [0.15, 0.2) is 12.2 Å². The first-order chi connectivity index (χ1) is 6.16. The van der Waals surface area contributed by atoms with E-state index in [0.717, 1.165) is 0 Å². The lowest BCUT2D eigenvalue weighted by molar-refractivity contribution is -0.147. The molecule has 2 bridgehead atoms. The highest BCUT2D eigenvalue weighted by atomic mass is 16.5. The van der Waals surface area contributed by atoms with Crippen molar-refractivity contribution in [3.63, 3.8) is 0 Å². The fraction of sp³-hybridized carbons (Fsp3) is 0.727. The molecule has 2 nitrogen and oxygen atoms in total. The summed E-state index contributed by atoms with van der Waals surface area (Å²) in [5.41, 5.74) is 0. The predicted octanol–water partition coefficient (Wildman–Crippen LogP) is 1.86. The van der Waals surface area contributed by atoms with Crippen molar-refractivity contribution in [1.29, 1.82) is 0 Å². The van der Waals surface area contributed by atoms with Gasteiger partial charge >= 0.3 is 5.97 Å². The summed E-state index contributed by atoms with van der Waals surface area (Å²) in [7, 11) is 1.48.